The van der Waals surface area contributed by atoms with Crippen molar-refractivity contribution in [2.24, 2.45) is 23.2 Å². The normalized spacial score (nSPS) is 38.1. The molecule has 1 N–H and O–H groups in total. The molecular formula is C33H62O8Si3. The zero-order valence-corrected chi connectivity index (χ0v) is 32.9. The molecule has 0 aromatic carbocycles. The maximum Gasteiger partial charge on any atom is 0.319 e. The number of hydrogen-bond donors (Lipinski definition) is 1. The molecule has 2 heterocycles. The van der Waals surface area contributed by atoms with E-state index < -0.39 is 48.4 Å². The largest absolute Gasteiger partial charge is 0.461 e. The Bertz CT molecular complexity index is 1070. The van der Waals surface area contributed by atoms with Crippen molar-refractivity contribution in [2.75, 3.05) is 13.7 Å². The van der Waals surface area contributed by atoms with Gasteiger partial charge in [-0.05, 0) is 69.3 Å². The van der Waals surface area contributed by atoms with Gasteiger partial charge in [0.25, 0.3) is 0 Å². The molecule has 0 aromatic heterocycles. The van der Waals surface area contributed by atoms with Gasteiger partial charge >= 0.3 is 5.97 Å². The number of esters is 1. The lowest BCUT2D eigenvalue weighted by Crippen LogP contribution is -2.63. The lowest BCUT2D eigenvalue weighted by Gasteiger charge is -2.56. The molecule has 4 fully saturated rings. The van der Waals surface area contributed by atoms with Crippen molar-refractivity contribution in [2.45, 2.75) is 154 Å². The second-order valence-electron chi connectivity index (χ2n) is 16.7. The fourth-order valence-electron chi connectivity index (χ4n) is 8.54. The lowest BCUT2D eigenvalue weighted by molar-refractivity contribution is -0.163. The van der Waals surface area contributed by atoms with E-state index in [-0.39, 0.29) is 47.1 Å². The van der Waals surface area contributed by atoms with Crippen LogP contribution in [-0.2, 0) is 32.3 Å². The van der Waals surface area contributed by atoms with E-state index in [0.717, 1.165) is 23.7 Å². The first kappa shape index (κ1) is 36.5. The van der Waals surface area contributed by atoms with Gasteiger partial charge in [-0.3, -0.25) is 4.79 Å². The fourth-order valence-corrected chi connectivity index (χ4v) is 14.0. The topological polar surface area (TPSA) is 92.7 Å². The number of carbonyl (C=O) groups excluding carboxylic acids is 1. The predicted octanol–water partition coefficient (Wildman–Crippen LogP) is 6.87. The van der Waals surface area contributed by atoms with E-state index in [2.05, 4.69) is 87.8 Å². The van der Waals surface area contributed by atoms with Crippen LogP contribution in [0.1, 0.15) is 61.3 Å². The molecule has 0 amide bonds. The Morgan fingerprint density at radius 3 is 2.18 bits per heavy atom. The Morgan fingerprint density at radius 2 is 1.68 bits per heavy atom. The van der Waals surface area contributed by atoms with Gasteiger partial charge in [0.05, 0.1) is 24.4 Å². The van der Waals surface area contributed by atoms with Gasteiger partial charge in [0, 0.05) is 31.3 Å². The molecule has 0 unspecified atom stereocenters. The van der Waals surface area contributed by atoms with Gasteiger partial charge in [0.1, 0.15) is 17.6 Å². The molecule has 4 aliphatic rings. The molecule has 2 aliphatic carbocycles. The molecule has 0 radical (unpaired) electrons. The van der Waals surface area contributed by atoms with Crippen LogP contribution in [0.15, 0.2) is 12.2 Å². The smallest absolute Gasteiger partial charge is 0.319 e. The van der Waals surface area contributed by atoms with Crippen LogP contribution in [-0.4, -0.2) is 86.1 Å². The number of ether oxygens (including phenoxy) is 3. The average molecular weight is 671 g/mol. The monoisotopic (exact) mass is 670 g/mol. The molecule has 8 nitrogen and oxygen atoms in total. The summed E-state index contributed by atoms with van der Waals surface area (Å²) < 4.78 is 39.1. The van der Waals surface area contributed by atoms with Crippen LogP contribution >= 0.6 is 0 Å². The molecule has 4 rings (SSSR count). The van der Waals surface area contributed by atoms with Gasteiger partial charge in [-0.15, -0.1) is 0 Å². The third-order valence-corrected chi connectivity index (χ3v) is 22.3. The average Bonchev–Trinajstić information content (AvgIpc) is 3.44. The van der Waals surface area contributed by atoms with Crippen molar-refractivity contribution < 1.29 is 37.4 Å². The summed E-state index contributed by atoms with van der Waals surface area (Å²) >= 11 is 0. The van der Waals surface area contributed by atoms with Gasteiger partial charge < -0.3 is 32.6 Å². The van der Waals surface area contributed by atoms with Crippen molar-refractivity contribution in [3.63, 3.8) is 0 Å². The first-order valence-corrected chi connectivity index (χ1v) is 25.8. The van der Waals surface area contributed by atoms with Crippen LogP contribution in [0.2, 0.25) is 55.9 Å². The van der Waals surface area contributed by atoms with Crippen LogP contribution < -0.4 is 0 Å². The van der Waals surface area contributed by atoms with Crippen molar-refractivity contribution in [1.82, 2.24) is 0 Å². The molecule has 10 atom stereocenters. The third kappa shape index (κ3) is 5.93. The number of rotatable bonds is 14. The summed E-state index contributed by atoms with van der Waals surface area (Å²) in [4.78, 5) is 13.7. The Balaban J connectivity index is 1.66. The van der Waals surface area contributed by atoms with E-state index in [0.29, 0.717) is 19.4 Å². The Morgan fingerprint density at radius 1 is 1.09 bits per heavy atom. The van der Waals surface area contributed by atoms with Crippen LogP contribution in [0.4, 0.5) is 0 Å². The van der Waals surface area contributed by atoms with Gasteiger partial charge in [-0.1, -0.05) is 53.7 Å². The predicted molar refractivity (Wildman–Crippen MR) is 181 cm³/mol. The second kappa shape index (κ2) is 12.3. The van der Waals surface area contributed by atoms with Crippen LogP contribution in [0.5, 0.6) is 0 Å². The summed E-state index contributed by atoms with van der Waals surface area (Å²) in [6, 6.07) is 2.96. The van der Waals surface area contributed by atoms with Crippen molar-refractivity contribution in [1.29, 1.82) is 0 Å². The number of methoxy groups -OCH3 is 1. The number of aliphatic hydroxyl groups is 1. The Kier molecular flexibility index (Phi) is 10.2. The molecule has 2 aliphatic heterocycles. The van der Waals surface area contributed by atoms with Gasteiger partial charge in [-0.2, -0.15) is 0 Å². The second-order valence-corrected chi connectivity index (χ2v) is 30.6. The molecule has 0 spiro atoms. The van der Waals surface area contributed by atoms with E-state index >= 15 is 0 Å². The minimum atomic E-state index is -2.09. The SMILES string of the molecule is C=C1[C@H]2[C@@H]3[C@H](C[C@]2(C)O[Si](C)(C)C)OC(=O)[C@]13[C@@H](O)C[C@H]1[C@@H](O[Si](CC)(CC)CC)[C@H](OC)O[C@@H]1CO[Si](C)(C)C(C)(C)C. The highest BCUT2D eigenvalue weighted by atomic mass is 28.4. The zero-order chi connectivity index (χ0) is 33.3. The molecule has 2 saturated carbocycles. The van der Waals surface area contributed by atoms with E-state index in [1.807, 2.05) is 0 Å². The molecule has 44 heavy (non-hydrogen) atoms. The van der Waals surface area contributed by atoms with Gasteiger partial charge in [-0.25, -0.2) is 0 Å². The van der Waals surface area contributed by atoms with Crippen LogP contribution in [0.3, 0.4) is 0 Å². The van der Waals surface area contributed by atoms with E-state index in [9.17, 15) is 9.90 Å². The molecule has 0 bridgehead atoms. The van der Waals surface area contributed by atoms with E-state index in [1.54, 1.807) is 7.11 Å². The van der Waals surface area contributed by atoms with Crippen LogP contribution in [0.25, 0.3) is 0 Å². The summed E-state index contributed by atoms with van der Waals surface area (Å²) in [5, 5.41) is 12.3. The standard InChI is InChI=1S/C33H62O8Si3/c1-15-44(16-2,17-3)40-28-22(24(38-29(28)36-9)20-37-43(13,14)31(5,6)7)18-25(34)33-21(4)26-27(33)23(39-30(33)35)19-32(26,8)41-42(10,11)12/h22-29,34H,4,15-20H2,1-3,5-14H3/t22-,23+,24-,25+,26+,27+,28-,29-,32+,33+/m1/s1. The maximum atomic E-state index is 13.7. The minimum Gasteiger partial charge on any atom is -0.461 e. The molecule has 11 heteroatoms. The van der Waals surface area contributed by atoms with E-state index in [1.165, 1.54) is 0 Å². The van der Waals surface area contributed by atoms with Gasteiger partial charge in [0.2, 0.25) is 0 Å². The summed E-state index contributed by atoms with van der Waals surface area (Å²) in [7, 11) is -4.39. The summed E-state index contributed by atoms with van der Waals surface area (Å²) in [5.41, 5.74) is -0.822. The summed E-state index contributed by atoms with van der Waals surface area (Å²) in [6.45, 7) is 31.4. The molecule has 254 valence electrons. The first-order valence-electron chi connectivity index (χ1n) is 17.0. The number of carbonyl (C=O) groups is 1. The zero-order valence-electron chi connectivity index (χ0n) is 29.9. The van der Waals surface area contributed by atoms with E-state index in [4.69, 9.17) is 27.5 Å². The van der Waals surface area contributed by atoms with Gasteiger partial charge in [0.15, 0.2) is 31.2 Å². The highest BCUT2D eigenvalue weighted by Gasteiger charge is 2.80. The Labute approximate surface area is 270 Å². The Hall–Kier alpha value is -0.379. The minimum absolute atomic E-state index is 0.0167. The number of hydrogen-bond acceptors (Lipinski definition) is 8. The summed E-state index contributed by atoms with van der Waals surface area (Å²) in [5.74, 6) is -0.729. The van der Waals surface area contributed by atoms with Crippen molar-refractivity contribution >= 4 is 30.9 Å². The van der Waals surface area contributed by atoms with Crippen molar-refractivity contribution in [3.05, 3.63) is 12.2 Å². The maximum absolute atomic E-state index is 13.7. The lowest BCUT2D eigenvalue weighted by atomic mass is 9.47. The quantitative estimate of drug-likeness (QED) is 0.122. The molecule has 2 saturated heterocycles. The third-order valence-electron chi connectivity index (χ3n) is 12.1. The van der Waals surface area contributed by atoms with Crippen molar-refractivity contribution in [3.8, 4) is 0 Å². The fraction of sp³-hybridized carbons (Fsp3) is 0.909. The molecular weight excluding hydrogens is 609 g/mol. The summed E-state index contributed by atoms with van der Waals surface area (Å²) in [6.07, 6.45) is -1.60. The highest BCUT2D eigenvalue weighted by molar-refractivity contribution is 6.74. The van der Waals surface area contributed by atoms with Crippen LogP contribution in [0, 0.1) is 23.2 Å². The highest BCUT2D eigenvalue weighted by Crippen LogP contribution is 2.72. The molecule has 0 aromatic rings. The number of aliphatic hydroxyl groups excluding tert-OH is 1. The first-order chi connectivity index (χ1) is 20.2.